The largest absolute Gasteiger partial charge is 0.468 e. The molecule has 0 bridgehead atoms. The van der Waals surface area contributed by atoms with Crippen molar-refractivity contribution in [2.75, 3.05) is 18.5 Å². The summed E-state index contributed by atoms with van der Waals surface area (Å²) in [6.07, 6.45) is 5.90. The van der Waals surface area contributed by atoms with Crippen LogP contribution in [0.5, 0.6) is 5.88 Å². The van der Waals surface area contributed by atoms with Crippen LogP contribution in [0, 0.1) is 12.8 Å². The molecule has 3 fully saturated rings. The molecule has 1 amide bonds. The van der Waals surface area contributed by atoms with Gasteiger partial charge in [0.1, 0.15) is 18.0 Å². The molecule has 1 aliphatic carbocycles. The molecular formula is C22H25N5O4. The fraction of sp³-hybridized carbons (Fsp3) is 0.500. The van der Waals surface area contributed by atoms with E-state index in [1.54, 1.807) is 4.52 Å². The molecule has 0 unspecified atom stereocenters. The number of nitrogens with zero attached hydrogens (tertiary/aromatic N) is 3. The van der Waals surface area contributed by atoms with Gasteiger partial charge in [-0.2, -0.15) is 5.10 Å². The summed E-state index contributed by atoms with van der Waals surface area (Å²) in [4.78, 5) is 12.0. The predicted molar refractivity (Wildman–Crippen MR) is 112 cm³/mol. The highest BCUT2D eigenvalue weighted by Crippen LogP contribution is 2.36. The molecule has 0 aromatic carbocycles. The van der Waals surface area contributed by atoms with Crippen LogP contribution in [0.1, 0.15) is 31.4 Å². The fourth-order valence-corrected chi connectivity index (χ4v) is 4.57. The summed E-state index contributed by atoms with van der Waals surface area (Å²) in [6, 6.07) is 6.15. The van der Waals surface area contributed by atoms with Crippen LogP contribution in [0.15, 0.2) is 28.9 Å². The summed E-state index contributed by atoms with van der Waals surface area (Å²) < 4.78 is 19.5. The Kier molecular flexibility index (Phi) is 4.46. The lowest BCUT2D eigenvalue weighted by atomic mass is 10.0. The second-order valence-corrected chi connectivity index (χ2v) is 8.65. The van der Waals surface area contributed by atoms with E-state index in [9.17, 15) is 4.79 Å². The van der Waals surface area contributed by atoms with Crippen molar-refractivity contribution in [3.05, 3.63) is 30.2 Å². The van der Waals surface area contributed by atoms with Crippen LogP contribution in [-0.2, 0) is 9.53 Å². The molecule has 3 atom stereocenters. The van der Waals surface area contributed by atoms with Crippen molar-refractivity contribution in [1.29, 1.82) is 0 Å². The smallest absolute Gasteiger partial charge is 0.262 e. The van der Waals surface area contributed by atoms with E-state index in [1.807, 2.05) is 31.3 Å². The van der Waals surface area contributed by atoms with E-state index < -0.39 is 0 Å². The van der Waals surface area contributed by atoms with Crippen LogP contribution in [0.4, 0.5) is 5.82 Å². The summed E-state index contributed by atoms with van der Waals surface area (Å²) in [7, 11) is 0. The number of carbonyl (C=O) groups is 1. The summed E-state index contributed by atoms with van der Waals surface area (Å²) in [5.41, 5.74) is 2.62. The number of anilines is 1. The van der Waals surface area contributed by atoms with Crippen LogP contribution < -0.4 is 15.4 Å². The molecule has 9 nitrogen and oxygen atoms in total. The van der Waals surface area contributed by atoms with E-state index in [2.05, 4.69) is 20.9 Å². The lowest BCUT2D eigenvalue weighted by Gasteiger charge is -2.28. The average Bonchev–Trinajstić information content (AvgIpc) is 3.30. The van der Waals surface area contributed by atoms with Crippen molar-refractivity contribution in [3.8, 4) is 17.0 Å². The van der Waals surface area contributed by atoms with E-state index in [0.29, 0.717) is 23.5 Å². The third-order valence-electron chi connectivity index (χ3n) is 6.36. The highest BCUT2D eigenvalue weighted by atomic mass is 16.6. The number of amides is 1. The summed E-state index contributed by atoms with van der Waals surface area (Å²) in [6.45, 7) is 3.38. The minimum atomic E-state index is -0.100. The Morgan fingerprint density at radius 3 is 3.10 bits per heavy atom. The Balaban J connectivity index is 1.27. The van der Waals surface area contributed by atoms with Crippen molar-refractivity contribution in [1.82, 2.24) is 20.1 Å². The van der Waals surface area contributed by atoms with Crippen LogP contribution in [0.2, 0.25) is 0 Å². The molecule has 2 N–H and O–H groups in total. The molecule has 9 heteroatoms. The lowest BCUT2D eigenvalue weighted by Crippen LogP contribution is -2.41. The topological polar surface area (TPSA) is 103 Å². The van der Waals surface area contributed by atoms with E-state index in [4.69, 9.17) is 14.0 Å². The minimum Gasteiger partial charge on any atom is -0.468 e. The van der Waals surface area contributed by atoms with Crippen molar-refractivity contribution < 1.29 is 18.8 Å². The van der Waals surface area contributed by atoms with Crippen molar-refractivity contribution in [2.24, 2.45) is 5.92 Å². The zero-order valence-electron chi connectivity index (χ0n) is 17.3. The van der Waals surface area contributed by atoms with Crippen LogP contribution >= 0.6 is 0 Å². The fourth-order valence-electron chi connectivity index (χ4n) is 4.57. The molecule has 3 aromatic rings. The first-order valence-electron chi connectivity index (χ1n) is 10.9. The molecule has 162 valence electrons. The maximum absolute atomic E-state index is 12.0. The maximum Gasteiger partial charge on any atom is 0.262 e. The number of rotatable bonds is 5. The second-order valence-electron chi connectivity index (χ2n) is 8.65. The number of aryl methyl sites for hydroxylation is 1. The molecule has 2 saturated heterocycles. The quantitative estimate of drug-likeness (QED) is 0.650. The average molecular weight is 423 g/mol. The summed E-state index contributed by atoms with van der Waals surface area (Å²) >= 11 is 0. The Morgan fingerprint density at radius 1 is 1.32 bits per heavy atom. The van der Waals surface area contributed by atoms with Gasteiger partial charge in [0.2, 0.25) is 5.91 Å². The van der Waals surface area contributed by atoms with Crippen molar-refractivity contribution >= 4 is 17.2 Å². The van der Waals surface area contributed by atoms with E-state index in [-0.39, 0.29) is 24.0 Å². The zero-order chi connectivity index (χ0) is 20.9. The molecule has 31 heavy (non-hydrogen) atoms. The molecule has 3 aliphatic rings. The van der Waals surface area contributed by atoms with Crippen molar-refractivity contribution in [3.63, 3.8) is 0 Å². The highest BCUT2D eigenvalue weighted by Gasteiger charge is 2.41. The van der Waals surface area contributed by atoms with Crippen LogP contribution in [0.25, 0.3) is 16.6 Å². The third kappa shape index (κ3) is 3.47. The Labute approximate surface area is 179 Å². The first-order valence-corrected chi connectivity index (χ1v) is 10.9. The molecule has 5 heterocycles. The number of carbonyl (C=O) groups excluding carboxylic acids is 1. The number of aromatic nitrogens is 3. The zero-order valence-corrected chi connectivity index (χ0v) is 17.3. The van der Waals surface area contributed by atoms with Crippen LogP contribution in [0.3, 0.4) is 0 Å². The van der Waals surface area contributed by atoms with Gasteiger partial charge in [0.15, 0.2) is 5.82 Å². The number of hydrogen-bond acceptors (Lipinski definition) is 7. The second kappa shape index (κ2) is 7.35. The summed E-state index contributed by atoms with van der Waals surface area (Å²) in [5.74, 6) is 1.91. The highest BCUT2D eigenvalue weighted by molar-refractivity contribution is 5.93. The van der Waals surface area contributed by atoms with Crippen LogP contribution in [-0.4, -0.2) is 52.1 Å². The molecule has 0 spiro atoms. The van der Waals surface area contributed by atoms with Gasteiger partial charge in [0, 0.05) is 37.4 Å². The van der Waals surface area contributed by atoms with Crippen molar-refractivity contribution in [2.45, 2.75) is 50.9 Å². The van der Waals surface area contributed by atoms with Gasteiger partial charge in [-0.25, -0.2) is 4.52 Å². The molecule has 6 rings (SSSR count). The maximum atomic E-state index is 12.0. The van der Waals surface area contributed by atoms with Gasteiger partial charge in [0.05, 0.1) is 11.1 Å². The first kappa shape index (κ1) is 18.8. The third-order valence-corrected chi connectivity index (χ3v) is 6.36. The summed E-state index contributed by atoms with van der Waals surface area (Å²) in [5, 5.41) is 15.0. The Bertz CT molecular complexity index is 1130. The number of fused-ring (bicyclic) bond motifs is 2. The van der Waals surface area contributed by atoms with Gasteiger partial charge < -0.3 is 24.6 Å². The molecule has 1 saturated carbocycles. The lowest BCUT2D eigenvalue weighted by molar-refractivity contribution is -0.117. The minimum absolute atomic E-state index is 0.0357. The van der Waals surface area contributed by atoms with E-state index >= 15 is 0 Å². The molecule has 0 radical (unpaired) electrons. The molecular weight excluding hydrogens is 398 g/mol. The number of nitrogens with one attached hydrogen (secondary N) is 2. The molecule has 2 aliphatic heterocycles. The predicted octanol–water partition coefficient (Wildman–Crippen LogP) is 2.54. The monoisotopic (exact) mass is 423 g/mol. The van der Waals surface area contributed by atoms with Gasteiger partial charge in [-0.15, -0.1) is 0 Å². The SMILES string of the molecule is Cc1onc(O[C@@H]2CN[C@@H]3CCCO[C@@H]32)c1-c1ccn2nc(NC(=O)C3CC3)cc2c1. The van der Waals surface area contributed by atoms with Gasteiger partial charge in [0.25, 0.3) is 5.88 Å². The van der Waals surface area contributed by atoms with E-state index in [0.717, 1.165) is 55.5 Å². The molecule has 3 aromatic heterocycles. The van der Waals surface area contributed by atoms with Gasteiger partial charge in [-0.05, 0) is 55.5 Å². The number of hydrogen-bond donors (Lipinski definition) is 2. The first-order chi connectivity index (χ1) is 15.2. The number of ether oxygens (including phenoxy) is 2. The Hall–Kier alpha value is -2.91. The standard InChI is InChI=1S/C22H25N5O4/c1-12-19(22(26-31-12)30-17-11-23-16-3-2-8-29-20(16)17)14-6-7-27-15(9-14)10-18(25-27)24-21(28)13-4-5-13/h6-7,9-10,13,16-17,20,23H,2-5,8,11H2,1H3,(H,24,25,28)/t16-,17-,20+/m1/s1. The van der Waals surface area contributed by atoms with Gasteiger partial charge >= 0.3 is 0 Å². The van der Waals surface area contributed by atoms with Gasteiger partial charge in [-0.3, -0.25) is 4.79 Å². The Morgan fingerprint density at radius 2 is 2.23 bits per heavy atom. The van der Waals surface area contributed by atoms with Gasteiger partial charge in [-0.1, -0.05) is 0 Å². The van der Waals surface area contributed by atoms with E-state index in [1.165, 1.54) is 0 Å². The normalized spacial score (nSPS) is 25.5. The number of pyridine rings is 1.